The Kier molecular flexibility index (Phi) is 4.76. The summed E-state index contributed by atoms with van der Waals surface area (Å²) in [6, 6.07) is 10.7. The van der Waals surface area contributed by atoms with Gasteiger partial charge < -0.3 is 10.6 Å². The first-order valence-corrected chi connectivity index (χ1v) is 6.83. The van der Waals surface area contributed by atoms with E-state index < -0.39 is 0 Å². The summed E-state index contributed by atoms with van der Waals surface area (Å²) < 4.78 is 0. The van der Waals surface area contributed by atoms with Crippen LogP contribution in [0.1, 0.15) is 31.7 Å². The molecule has 1 saturated heterocycles. The Morgan fingerprint density at radius 2 is 2.11 bits per heavy atom. The molecule has 3 heteroatoms. The van der Waals surface area contributed by atoms with E-state index in [0.717, 1.165) is 25.8 Å². The van der Waals surface area contributed by atoms with E-state index in [2.05, 4.69) is 29.7 Å². The van der Waals surface area contributed by atoms with Crippen molar-refractivity contribution in [3.8, 4) is 0 Å². The summed E-state index contributed by atoms with van der Waals surface area (Å²) in [6.07, 6.45) is 4.18. The molecular formula is C15H22N2O. The average Bonchev–Trinajstić information content (AvgIpc) is 2.40. The standard InChI is InChI=1S/C15H22N2O/c1-12-6-5-9-14(17-12)15(18)16-11-10-13-7-3-2-4-8-13/h2-4,7-8,12,14,17H,5-6,9-11H2,1H3,(H,16,18). The molecule has 1 fully saturated rings. The number of rotatable bonds is 4. The van der Waals surface area contributed by atoms with Gasteiger partial charge in [-0.05, 0) is 38.2 Å². The van der Waals surface area contributed by atoms with Gasteiger partial charge in [0.15, 0.2) is 0 Å². The molecule has 1 amide bonds. The molecule has 1 aliphatic heterocycles. The van der Waals surface area contributed by atoms with Crippen LogP contribution in [0.15, 0.2) is 30.3 Å². The third-order valence-corrected chi connectivity index (χ3v) is 3.49. The maximum atomic E-state index is 12.0. The van der Waals surface area contributed by atoms with E-state index in [1.807, 2.05) is 18.2 Å². The molecule has 0 bridgehead atoms. The molecular weight excluding hydrogens is 224 g/mol. The lowest BCUT2D eigenvalue weighted by atomic mass is 9.99. The van der Waals surface area contributed by atoms with Gasteiger partial charge in [0.2, 0.25) is 5.91 Å². The summed E-state index contributed by atoms with van der Waals surface area (Å²) in [7, 11) is 0. The second-order valence-corrected chi connectivity index (χ2v) is 5.08. The van der Waals surface area contributed by atoms with E-state index >= 15 is 0 Å². The first kappa shape index (κ1) is 13.1. The zero-order valence-corrected chi connectivity index (χ0v) is 11.0. The number of hydrogen-bond acceptors (Lipinski definition) is 2. The maximum Gasteiger partial charge on any atom is 0.237 e. The van der Waals surface area contributed by atoms with E-state index in [4.69, 9.17) is 0 Å². The Morgan fingerprint density at radius 3 is 2.83 bits per heavy atom. The smallest absolute Gasteiger partial charge is 0.237 e. The van der Waals surface area contributed by atoms with Crippen LogP contribution in [0.4, 0.5) is 0 Å². The van der Waals surface area contributed by atoms with Gasteiger partial charge in [0.25, 0.3) is 0 Å². The van der Waals surface area contributed by atoms with Crippen LogP contribution in [0, 0.1) is 0 Å². The number of nitrogens with one attached hydrogen (secondary N) is 2. The van der Waals surface area contributed by atoms with Gasteiger partial charge in [-0.15, -0.1) is 0 Å². The third kappa shape index (κ3) is 3.84. The van der Waals surface area contributed by atoms with Gasteiger partial charge in [-0.1, -0.05) is 30.3 Å². The van der Waals surface area contributed by atoms with Crippen molar-refractivity contribution >= 4 is 5.91 Å². The van der Waals surface area contributed by atoms with Crippen LogP contribution < -0.4 is 10.6 Å². The van der Waals surface area contributed by atoms with Gasteiger partial charge in [0.05, 0.1) is 6.04 Å². The Bertz CT molecular complexity index is 377. The quantitative estimate of drug-likeness (QED) is 0.851. The largest absolute Gasteiger partial charge is 0.354 e. The van der Waals surface area contributed by atoms with Crippen LogP contribution in [0.2, 0.25) is 0 Å². The van der Waals surface area contributed by atoms with Crippen LogP contribution >= 0.6 is 0 Å². The number of hydrogen-bond donors (Lipinski definition) is 2. The molecule has 0 aliphatic carbocycles. The highest BCUT2D eigenvalue weighted by atomic mass is 16.2. The topological polar surface area (TPSA) is 41.1 Å². The monoisotopic (exact) mass is 246 g/mol. The summed E-state index contributed by atoms with van der Waals surface area (Å²) in [5.41, 5.74) is 1.27. The molecule has 2 N–H and O–H groups in total. The molecule has 0 saturated carbocycles. The first-order chi connectivity index (χ1) is 8.75. The maximum absolute atomic E-state index is 12.0. The van der Waals surface area contributed by atoms with Gasteiger partial charge in [-0.2, -0.15) is 0 Å². The number of carbonyl (C=O) groups excluding carboxylic acids is 1. The lowest BCUT2D eigenvalue weighted by Crippen LogP contribution is -2.50. The minimum atomic E-state index is 0.00419. The van der Waals surface area contributed by atoms with E-state index in [-0.39, 0.29) is 11.9 Å². The Hall–Kier alpha value is -1.35. The Balaban J connectivity index is 1.71. The van der Waals surface area contributed by atoms with Crippen molar-refractivity contribution in [1.29, 1.82) is 0 Å². The molecule has 18 heavy (non-hydrogen) atoms. The van der Waals surface area contributed by atoms with Gasteiger partial charge in [-0.3, -0.25) is 4.79 Å². The van der Waals surface area contributed by atoms with Crippen LogP contribution in [-0.2, 0) is 11.2 Å². The number of piperidine rings is 1. The normalized spacial score (nSPS) is 23.6. The van der Waals surface area contributed by atoms with E-state index in [1.165, 1.54) is 12.0 Å². The van der Waals surface area contributed by atoms with Crippen molar-refractivity contribution in [3.63, 3.8) is 0 Å². The van der Waals surface area contributed by atoms with E-state index in [0.29, 0.717) is 6.04 Å². The fourth-order valence-electron chi connectivity index (χ4n) is 2.44. The van der Waals surface area contributed by atoms with Gasteiger partial charge in [0, 0.05) is 12.6 Å². The molecule has 1 aliphatic rings. The van der Waals surface area contributed by atoms with Crippen molar-refractivity contribution in [2.24, 2.45) is 0 Å². The van der Waals surface area contributed by atoms with Gasteiger partial charge in [-0.25, -0.2) is 0 Å². The van der Waals surface area contributed by atoms with Crippen molar-refractivity contribution in [2.75, 3.05) is 6.54 Å². The molecule has 2 rings (SSSR count). The lowest BCUT2D eigenvalue weighted by Gasteiger charge is -2.27. The summed E-state index contributed by atoms with van der Waals surface area (Å²) >= 11 is 0. The van der Waals surface area contributed by atoms with Crippen molar-refractivity contribution < 1.29 is 4.79 Å². The number of amides is 1. The second kappa shape index (κ2) is 6.55. The second-order valence-electron chi connectivity index (χ2n) is 5.08. The van der Waals surface area contributed by atoms with Crippen molar-refractivity contribution in [1.82, 2.24) is 10.6 Å². The molecule has 98 valence electrons. The fraction of sp³-hybridized carbons (Fsp3) is 0.533. The SMILES string of the molecule is CC1CCCC(C(=O)NCCc2ccccc2)N1. The fourth-order valence-corrected chi connectivity index (χ4v) is 2.44. The molecule has 2 atom stereocenters. The molecule has 1 aromatic carbocycles. The van der Waals surface area contributed by atoms with Crippen molar-refractivity contribution in [2.45, 2.75) is 44.7 Å². The van der Waals surface area contributed by atoms with Crippen LogP contribution in [0.25, 0.3) is 0 Å². The first-order valence-electron chi connectivity index (χ1n) is 6.83. The van der Waals surface area contributed by atoms with Gasteiger partial charge in [0.1, 0.15) is 0 Å². The predicted molar refractivity (Wildman–Crippen MR) is 73.4 cm³/mol. The molecule has 0 radical (unpaired) electrons. The Labute approximate surface area is 109 Å². The summed E-state index contributed by atoms with van der Waals surface area (Å²) in [4.78, 5) is 12.0. The Morgan fingerprint density at radius 1 is 1.33 bits per heavy atom. The lowest BCUT2D eigenvalue weighted by molar-refractivity contribution is -0.123. The molecule has 3 nitrogen and oxygen atoms in total. The zero-order chi connectivity index (χ0) is 12.8. The minimum Gasteiger partial charge on any atom is -0.354 e. The minimum absolute atomic E-state index is 0.00419. The summed E-state index contributed by atoms with van der Waals surface area (Å²) in [5, 5.41) is 6.37. The van der Waals surface area contributed by atoms with E-state index in [9.17, 15) is 4.79 Å². The average molecular weight is 246 g/mol. The number of carbonyl (C=O) groups is 1. The summed E-state index contributed by atoms with van der Waals surface area (Å²) in [6.45, 7) is 2.86. The third-order valence-electron chi connectivity index (χ3n) is 3.49. The molecule has 0 spiro atoms. The highest BCUT2D eigenvalue weighted by Gasteiger charge is 2.23. The zero-order valence-electron chi connectivity index (χ0n) is 11.0. The van der Waals surface area contributed by atoms with Crippen LogP contribution in [0.5, 0.6) is 0 Å². The molecule has 0 aromatic heterocycles. The predicted octanol–water partition coefficient (Wildman–Crippen LogP) is 1.88. The summed E-state index contributed by atoms with van der Waals surface area (Å²) in [5.74, 6) is 0.150. The molecule has 1 aromatic rings. The number of benzene rings is 1. The van der Waals surface area contributed by atoms with Gasteiger partial charge >= 0.3 is 0 Å². The van der Waals surface area contributed by atoms with Crippen LogP contribution in [0.3, 0.4) is 0 Å². The van der Waals surface area contributed by atoms with Crippen LogP contribution in [-0.4, -0.2) is 24.5 Å². The van der Waals surface area contributed by atoms with Crippen molar-refractivity contribution in [3.05, 3.63) is 35.9 Å². The highest BCUT2D eigenvalue weighted by molar-refractivity contribution is 5.81. The molecule has 2 unspecified atom stereocenters. The van der Waals surface area contributed by atoms with E-state index in [1.54, 1.807) is 0 Å². The molecule has 1 heterocycles. The highest BCUT2D eigenvalue weighted by Crippen LogP contribution is 2.12.